The lowest BCUT2D eigenvalue weighted by Crippen LogP contribution is -2.04. The number of carbonyl (C=O) groups is 1. The van der Waals surface area contributed by atoms with Gasteiger partial charge in [0.1, 0.15) is 0 Å². The van der Waals surface area contributed by atoms with E-state index in [-0.39, 0.29) is 0 Å². The number of carboxylic acids is 1. The van der Waals surface area contributed by atoms with Gasteiger partial charge in [0.25, 0.3) is 0 Å². The predicted octanol–water partition coefficient (Wildman–Crippen LogP) is 7.77. The van der Waals surface area contributed by atoms with Crippen molar-refractivity contribution >= 4 is 5.97 Å². The number of rotatable bonds is 17. The second kappa shape index (κ2) is 16.7. The Bertz CT molecular complexity index is 346. The van der Waals surface area contributed by atoms with E-state index in [0.717, 1.165) is 6.42 Å². The van der Waals surface area contributed by atoms with Gasteiger partial charge in [0.2, 0.25) is 0 Å². The molecule has 0 bridgehead atoms. The fourth-order valence-corrected chi connectivity index (χ4v) is 3.65. The second-order valence-corrected chi connectivity index (χ2v) is 8.15. The Hall–Kier alpha value is -0.790. The van der Waals surface area contributed by atoms with E-state index in [1.165, 1.54) is 83.5 Å². The molecule has 2 heteroatoms. The molecule has 2 unspecified atom stereocenters. The summed E-state index contributed by atoms with van der Waals surface area (Å²) in [5.41, 5.74) is 0.477. The predicted molar refractivity (Wildman–Crippen MR) is 110 cm³/mol. The monoisotopic (exact) mass is 352 g/mol. The van der Waals surface area contributed by atoms with E-state index in [1.807, 2.05) is 6.08 Å². The molecule has 2 nitrogen and oxygen atoms in total. The molecule has 0 aromatic carbocycles. The average Bonchev–Trinajstić information content (AvgIpc) is 2.55. The smallest absolute Gasteiger partial charge is 0.330 e. The third-order valence-electron chi connectivity index (χ3n) is 5.20. The number of hydrogen-bond donors (Lipinski definition) is 1. The minimum absolute atomic E-state index is 0.364. The number of carboxylic acid groups (broad SMARTS) is 1. The minimum atomic E-state index is -0.791. The lowest BCUT2D eigenvalue weighted by Gasteiger charge is -2.15. The zero-order valence-corrected chi connectivity index (χ0v) is 17.5. The van der Waals surface area contributed by atoms with Crippen LogP contribution in [0.2, 0.25) is 0 Å². The van der Waals surface area contributed by atoms with Gasteiger partial charge in [-0.1, -0.05) is 110 Å². The summed E-state index contributed by atoms with van der Waals surface area (Å²) < 4.78 is 0. The third-order valence-corrected chi connectivity index (χ3v) is 5.20. The molecule has 2 atom stereocenters. The summed E-state index contributed by atoms with van der Waals surface area (Å²) in [4.78, 5) is 10.8. The first-order chi connectivity index (χ1) is 12.0. The topological polar surface area (TPSA) is 37.3 Å². The third kappa shape index (κ3) is 16.4. The Balaban J connectivity index is 3.44. The maximum atomic E-state index is 10.8. The molecule has 0 aliphatic heterocycles. The summed E-state index contributed by atoms with van der Waals surface area (Å²) in [7, 11) is 0. The molecule has 0 rings (SSSR count). The SMILES string of the molecule is CCCCCCCCCCCCCCC(C)CC(C)C=C(C)C(=O)O. The molecule has 0 fully saturated rings. The van der Waals surface area contributed by atoms with Crippen LogP contribution in [0, 0.1) is 11.8 Å². The van der Waals surface area contributed by atoms with Crippen LogP contribution < -0.4 is 0 Å². The average molecular weight is 353 g/mol. The minimum Gasteiger partial charge on any atom is -0.478 e. The van der Waals surface area contributed by atoms with E-state index >= 15 is 0 Å². The molecule has 0 saturated carbocycles. The lowest BCUT2D eigenvalue weighted by atomic mass is 9.91. The molecule has 25 heavy (non-hydrogen) atoms. The van der Waals surface area contributed by atoms with Crippen LogP contribution in [0.1, 0.15) is 118 Å². The Morgan fingerprint density at radius 3 is 1.72 bits per heavy atom. The van der Waals surface area contributed by atoms with Gasteiger partial charge in [-0.15, -0.1) is 0 Å². The van der Waals surface area contributed by atoms with Crippen molar-refractivity contribution in [3.05, 3.63) is 11.6 Å². The van der Waals surface area contributed by atoms with Crippen LogP contribution in [0.3, 0.4) is 0 Å². The molecule has 148 valence electrons. The van der Waals surface area contributed by atoms with Gasteiger partial charge in [-0.05, 0) is 25.2 Å². The first-order valence-corrected chi connectivity index (χ1v) is 10.9. The van der Waals surface area contributed by atoms with Gasteiger partial charge in [0.15, 0.2) is 0 Å². The summed E-state index contributed by atoms with van der Waals surface area (Å²) >= 11 is 0. The van der Waals surface area contributed by atoms with Gasteiger partial charge in [0, 0.05) is 5.57 Å². The van der Waals surface area contributed by atoms with Gasteiger partial charge in [-0.25, -0.2) is 4.79 Å². The molecule has 0 spiro atoms. The fourth-order valence-electron chi connectivity index (χ4n) is 3.65. The van der Waals surface area contributed by atoms with E-state index in [4.69, 9.17) is 5.11 Å². The summed E-state index contributed by atoms with van der Waals surface area (Å²) in [5, 5.41) is 8.92. The van der Waals surface area contributed by atoms with Crippen LogP contribution in [0.5, 0.6) is 0 Å². The van der Waals surface area contributed by atoms with E-state index < -0.39 is 5.97 Å². The molecule has 0 aromatic heterocycles. The lowest BCUT2D eigenvalue weighted by molar-refractivity contribution is -0.132. The molecule has 0 aliphatic rings. The van der Waals surface area contributed by atoms with E-state index in [0.29, 0.717) is 17.4 Å². The first-order valence-electron chi connectivity index (χ1n) is 10.9. The Morgan fingerprint density at radius 2 is 1.28 bits per heavy atom. The highest BCUT2D eigenvalue weighted by atomic mass is 16.4. The molecule has 0 aromatic rings. The maximum Gasteiger partial charge on any atom is 0.330 e. The van der Waals surface area contributed by atoms with Crippen molar-refractivity contribution in [1.82, 2.24) is 0 Å². The summed E-state index contributed by atoms with van der Waals surface area (Å²) in [6.45, 7) is 8.40. The highest BCUT2D eigenvalue weighted by Crippen LogP contribution is 2.21. The van der Waals surface area contributed by atoms with Crippen LogP contribution in [-0.4, -0.2) is 11.1 Å². The Kier molecular flexibility index (Phi) is 16.1. The molecule has 0 heterocycles. The van der Waals surface area contributed by atoms with E-state index in [9.17, 15) is 4.79 Å². The van der Waals surface area contributed by atoms with E-state index in [2.05, 4.69) is 20.8 Å². The quantitative estimate of drug-likeness (QED) is 0.214. The van der Waals surface area contributed by atoms with Crippen LogP contribution in [-0.2, 0) is 4.79 Å². The largest absolute Gasteiger partial charge is 0.478 e. The van der Waals surface area contributed by atoms with Crippen molar-refractivity contribution in [2.75, 3.05) is 0 Å². The normalized spacial score (nSPS) is 14.5. The number of unbranched alkanes of at least 4 members (excludes halogenated alkanes) is 11. The fraction of sp³-hybridized carbons (Fsp3) is 0.870. The summed E-state index contributed by atoms with van der Waals surface area (Å²) in [6.07, 6.45) is 21.1. The molecule has 0 saturated heterocycles. The standard InChI is InChI=1S/C23H44O2/c1-5-6-7-8-9-10-11-12-13-14-15-16-17-20(2)18-21(3)19-22(4)23(24)25/h19-21H,5-18H2,1-4H3,(H,24,25). The van der Waals surface area contributed by atoms with Crippen LogP contribution in [0.4, 0.5) is 0 Å². The highest BCUT2D eigenvalue weighted by molar-refractivity contribution is 5.85. The number of hydrogen-bond acceptors (Lipinski definition) is 1. The second-order valence-electron chi connectivity index (χ2n) is 8.15. The molecule has 0 radical (unpaired) electrons. The van der Waals surface area contributed by atoms with Gasteiger partial charge in [-0.2, -0.15) is 0 Å². The Labute approximate surface area is 157 Å². The van der Waals surface area contributed by atoms with Gasteiger partial charge in [0.05, 0.1) is 0 Å². The molecular formula is C23H44O2. The molecular weight excluding hydrogens is 308 g/mol. The van der Waals surface area contributed by atoms with Gasteiger partial charge >= 0.3 is 5.97 Å². The van der Waals surface area contributed by atoms with Crippen molar-refractivity contribution in [3.8, 4) is 0 Å². The van der Waals surface area contributed by atoms with Crippen molar-refractivity contribution in [1.29, 1.82) is 0 Å². The number of allylic oxidation sites excluding steroid dienone is 1. The molecule has 0 amide bonds. The highest BCUT2D eigenvalue weighted by Gasteiger charge is 2.09. The van der Waals surface area contributed by atoms with Crippen molar-refractivity contribution in [2.45, 2.75) is 118 Å². The molecule has 0 aliphatic carbocycles. The Morgan fingerprint density at radius 1 is 0.840 bits per heavy atom. The number of aliphatic carboxylic acids is 1. The maximum absolute atomic E-state index is 10.8. The van der Waals surface area contributed by atoms with Gasteiger partial charge < -0.3 is 5.11 Å². The van der Waals surface area contributed by atoms with Crippen molar-refractivity contribution < 1.29 is 9.90 Å². The summed E-state index contributed by atoms with van der Waals surface area (Å²) in [5.74, 6) is 0.264. The zero-order valence-electron chi connectivity index (χ0n) is 17.5. The first kappa shape index (κ1) is 24.2. The zero-order chi connectivity index (χ0) is 18.9. The van der Waals surface area contributed by atoms with E-state index in [1.54, 1.807) is 6.92 Å². The van der Waals surface area contributed by atoms with Crippen molar-refractivity contribution in [3.63, 3.8) is 0 Å². The van der Waals surface area contributed by atoms with Crippen LogP contribution in [0.25, 0.3) is 0 Å². The van der Waals surface area contributed by atoms with Crippen LogP contribution >= 0.6 is 0 Å². The van der Waals surface area contributed by atoms with Crippen LogP contribution in [0.15, 0.2) is 11.6 Å². The summed E-state index contributed by atoms with van der Waals surface area (Å²) in [6, 6.07) is 0. The van der Waals surface area contributed by atoms with Crippen molar-refractivity contribution in [2.24, 2.45) is 11.8 Å². The van der Waals surface area contributed by atoms with Gasteiger partial charge in [-0.3, -0.25) is 0 Å². The molecule has 1 N–H and O–H groups in total.